The van der Waals surface area contributed by atoms with Gasteiger partial charge in [0.1, 0.15) is 12.2 Å². The van der Waals surface area contributed by atoms with Crippen LogP contribution in [0.5, 0.6) is 0 Å². The summed E-state index contributed by atoms with van der Waals surface area (Å²) in [4.78, 5) is 42.0. The number of hydrogen-bond acceptors (Lipinski definition) is 4. The Hall–Kier alpha value is -2.97. The van der Waals surface area contributed by atoms with Gasteiger partial charge in [-0.2, -0.15) is 0 Å². The first-order chi connectivity index (χ1) is 16.8. The lowest BCUT2D eigenvalue weighted by Crippen LogP contribution is -2.52. The van der Waals surface area contributed by atoms with Crippen molar-refractivity contribution >= 4 is 29.3 Å². The molecule has 2 aromatic rings. The molecule has 1 saturated heterocycles. The molecule has 188 valence electrons. The molecule has 7 nitrogen and oxygen atoms in total. The fourth-order valence-electron chi connectivity index (χ4n) is 4.38. The van der Waals surface area contributed by atoms with Gasteiger partial charge in [-0.15, -0.1) is 0 Å². The molecule has 1 fully saturated rings. The maximum atomic E-state index is 14.8. The molecule has 0 spiro atoms. The van der Waals surface area contributed by atoms with Crippen molar-refractivity contribution in [1.29, 1.82) is 0 Å². The third-order valence-corrected chi connectivity index (χ3v) is 6.62. The molecule has 2 N–H and O–H groups in total. The first kappa shape index (κ1) is 26.6. The number of rotatable bonds is 10. The summed E-state index contributed by atoms with van der Waals surface area (Å²) in [7, 11) is 0. The summed E-state index contributed by atoms with van der Waals surface area (Å²) in [6.45, 7) is 4.56. The molecule has 3 amide bonds. The molecular formula is C26H32ClFN4O3. The monoisotopic (exact) mass is 502 g/mol. The van der Waals surface area contributed by atoms with Gasteiger partial charge < -0.3 is 15.5 Å². The quantitative estimate of drug-likeness (QED) is 0.506. The van der Waals surface area contributed by atoms with Crippen LogP contribution in [0.3, 0.4) is 0 Å². The second-order valence-corrected chi connectivity index (χ2v) is 9.09. The molecule has 1 unspecified atom stereocenters. The molecule has 2 aromatic carbocycles. The van der Waals surface area contributed by atoms with E-state index in [0.29, 0.717) is 56.2 Å². The minimum atomic E-state index is -0.693. The van der Waals surface area contributed by atoms with Gasteiger partial charge in [-0.05, 0) is 37.1 Å². The molecule has 9 heteroatoms. The van der Waals surface area contributed by atoms with Crippen LogP contribution in [-0.2, 0) is 20.8 Å². The van der Waals surface area contributed by atoms with E-state index in [1.54, 1.807) is 18.2 Å². The zero-order chi connectivity index (χ0) is 25.4. The fraction of sp³-hybridized carbons (Fsp3) is 0.423. The molecule has 3 rings (SSSR count). The van der Waals surface area contributed by atoms with Gasteiger partial charge in [0.05, 0.1) is 6.04 Å². The Kier molecular flexibility index (Phi) is 9.63. The van der Waals surface area contributed by atoms with E-state index in [-0.39, 0.29) is 30.6 Å². The average Bonchev–Trinajstić information content (AvgIpc) is 2.84. The molecule has 1 atom stereocenters. The lowest BCUT2D eigenvalue weighted by atomic mass is 10.0. The normalized spacial score (nSPS) is 15.0. The van der Waals surface area contributed by atoms with Crippen LogP contribution in [0.25, 0.3) is 0 Å². The summed E-state index contributed by atoms with van der Waals surface area (Å²) in [5.74, 6) is -1.34. The highest BCUT2D eigenvalue weighted by Gasteiger charge is 2.31. The van der Waals surface area contributed by atoms with Gasteiger partial charge >= 0.3 is 0 Å². The van der Waals surface area contributed by atoms with E-state index in [9.17, 15) is 18.8 Å². The minimum Gasteiger partial charge on any atom is -0.369 e. The van der Waals surface area contributed by atoms with Gasteiger partial charge in [-0.1, -0.05) is 41.9 Å². The first-order valence-corrected chi connectivity index (χ1v) is 12.2. The number of nitrogens with zero attached hydrogens (tertiary/aromatic N) is 3. The number of primary amides is 1. The van der Waals surface area contributed by atoms with E-state index in [2.05, 4.69) is 4.90 Å². The number of halogens is 2. The highest BCUT2D eigenvalue weighted by Crippen LogP contribution is 2.26. The Balaban J connectivity index is 1.65. The fourth-order valence-corrected chi connectivity index (χ4v) is 4.50. The third-order valence-electron chi connectivity index (χ3n) is 6.37. The summed E-state index contributed by atoms with van der Waals surface area (Å²) in [6.07, 6.45) is 0.666. The number of benzene rings is 2. The first-order valence-electron chi connectivity index (χ1n) is 11.8. The number of likely N-dealkylation sites (N-methyl/N-ethyl adjacent to an activating group) is 1. The van der Waals surface area contributed by atoms with Gasteiger partial charge in [0.2, 0.25) is 17.7 Å². The number of amides is 3. The van der Waals surface area contributed by atoms with Gasteiger partial charge in [0, 0.05) is 56.3 Å². The van der Waals surface area contributed by atoms with Crippen LogP contribution >= 0.6 is 11.6 Å². The van der Waals surface area contributed by atoms with Gasteiger partial charge in [-0.25, -0.2) is 4.39 Å². The van der Waals surface area contributed by atoms with Gasteiger partial charge in [-0.3, -0.25) is 19.3 Å². The van der Waals surface area contributed by atoms with Crippen LogP contribution in [-0.4, -0.2) is 71.7 Å². The smallest absolute Gasteiger partial charge is 0.232 e. The molecule has 0 radical (unpaired) electrons. The molecular weight excluding hydrogens is 471 g/mol. The van der Waals surface area contributed by atoms with Crippen molar-refractivity contribution in [1.82, 2.24) is 14.7 Å². The Morgan fingerprint density at radius 1 is 1.06 bits per heavy atom. The van der Waals surface area contributed by atoms with Crippen molar-refractivity contribution in [3.8, 4) is 0 Å². The zero-order valence-corrected chi connectivity index (χ0v) is 20.7. The zero-order valence-electron chi connectivity index (χ0n) is 20.0. The number of nitrogens with two attached hydrogens (primary N) is 1. The second-order valence-electron chi connectivity index (χ2n) is 8.66. The molecule has 0 aromatic heterocycles. The van der Waals surface area contributed by atoms with E-state index >= 15 is 0 Å². The number of hydrogen-bond donors (Lipinski definition) is 1. The molecule has 1 aliphatic heterocycles. The molecule has 0 aliphatic carbocycles. The minimum absolute atomic E-state index is 0.0777. The maximum absolute atomic E-state index is 14.8. The Bertz CT molecular complexity index is 1030. The number of aryl methyl sites for hydroxylation is 1. The Morgan fingerprint density at radius 3 is 2.31 bits per heavy atom. The summed E-state index contributed by atoms with van der Waals surface area (Å²) in [5.41, 5.74) is 6.75. The van der Waals surface area contributed by atoms with Crippen molar-refractivity contribution < 1.29 is 18.8 Å². The number of carbonyl (C=O) groups excluding carboxylic acids is 3. The summed E-state index contributed by atoms with van der Waals surface area (Å²) >= 11 is 5.92. The van der Waals surface area contributed by atoms with Gasteiger partial charge in [0.25, 0.3) is 0 Å². The van der Waals surface area contributed by atoms with Crippen molar-refractivity contribution in [2.75, 3.05) is 39.3 Å². The second kappa shape index (κ2) is 12.7. The summed E-state index contributed by atoms with van der Waals surface area (Å²) in [5, 5.41) is 0.665. The standard InChI is InChI=1S/C26H32ClFN4O3/c1-2-30(26(35)17-24(29)33)18-23(21-5-3-4-6-22(21)28)31-13-15-32(16-14-31)25(34)12-9-19-7-10-20(27)11-8-19/h3-8,10-11,23H,2,9,12-18H2,1H3,(H2,29,33). The molecule has 1 heterocycles. The van der Waals surface area contributed by atoms with Crippen molar-refractivity contribution in [2.45, 2.75) is 32.2 Å². The summed E-state index contributed by atoms with van der Waals surface area (Å²) < 4.78 is 14.8. The summed E-state index contributed by atoms with van der Waals surface area (Å²) in [6, 6.07) is 13.6. The lowest BCUT2D eigenvalue weighted by Gasteiger charge is -2.41. The lowest BCUT2D eigenvalue weighted by molar-refractivity contribution is -0.135. The molecule has 0 saturated carbocycles. The predicted molar refractivity (Wildman–Crippen MR) is 133 cm³/mol. The SMILES string of the molecule is CCN(CC(c1ccccc1F)N1CCN(C(=O)CCc2ccc(Cl)cc2)CC1)C(=O)CC(N)=O. The molecule has 1 aliphatic rings. The van der Waals surface area contributed by atoms with E-state index in [1.165, 1.54) is 11.0 Å². The molecule has 0 bridgehead atoms. The van der Waals surface area contributed by atoms with Crippen LogP contribution in [0.2, 0.25) is 5.02 Å². The van der Waals surface area contributed by atoms with E-state index in [4.69, 9.17) is 17.3 Å². The highest BCUT2D eigenvalue weighted by atomic mass is 35.5. The Labute approximate surface area is 210 Å². The van der Waals surface area contributed by atoms with E-state index in [0.717, 1.165) is 5.56 Å². The topological polar surface area (TPSA) is 86.9 Å². The van der Waals surface area contributed by atoms with Crippen LogP contribution in [0.1, 0.15) is 36.9 Å². The van der Waals surface area contributed by atoms with Gasteiger partial charge in [0.15, 0.2) is 0 Å². The van der Waals surface area contributed by atoms with E-state index < -0.39 is 11.9 Å². The largest absolute Gasteiger partial charge is 0.369 e. The predicted octanol–water partition coefficient (Wildman–Crippen LogP) is 3.02. The average molecular weight is 503 g/mol. The van der Waals surface area contributed by atoms with Crippen molar-refractivity contribution in [2.24, 2.45) is 5.73 Å². The Morgan fingerprint density at radius 2 is 1.71 bits per heavy atom. The van der Waals surface area contributed by atoms with Crippen molar-refractivity contribution in [3.63, 3.8) is 0 Å². The highest BCUT2D eigenvalue weighted by molar-refractivity contribution is 6.30. The third kappa shape index (κ3) is 7.50. The van der Waals surface area contributed by atoms with Crippen LogP contribution < -0.4 is 5.73 Å². The van der Waals surface area contributed by atoms with Crippen LogP contribution in [0, 0.1) is 5.82 Å². The van der Waals surface area contributed by atoms with E-state index in [1.807, 2.05) is 36.1 Å². The number of piperazine rings is 1. The van der Waals surface area contributed by atoms with Crippen LogP contribution in [0.4, 0.5) is 4.39 Å². The maximum Gasteiger partial charge on any atom is 0.232 e. The van der Waals surface area contributed by atoms with Crippen molar-refractivity contribution in [3.05, 3.63) is 70.5 Å². The van der Waals surface area contributed by atoms with Crippen LogP contribution in [0.15, 0.2) is 48.5 Å². The number of carbonyl (C=O) groups is 3. The molecule has 35 heavy (non-hydrogen) atoms.